The largest absolute Gasteiger partial charge is 0.443 e. The lowest BCUT2D eigenvalue weighted by atomic mass is 9.95. The Bertz CT molecular complexity index is 614. The van der Waals surface area contributed by atoms with Crippen LogP contribution in [0.5, 0.6) is 0 Å². The number of carbonyl (C=O) groups excluding carboxylic acids is 1. The van der Waals surface area contributed by atoms with Crippen LogP contribution in [0.2, 0.25) is 0 Å². The molecule has 0 aliphatic heterocycles. The first kappa shape index (κ1) is 17.7. The molecule has 1 rings (SSSR count). The summed E-state index contributed by atoms with van der Waals surface area (Å²) in [5.41, 5.74) is 0.459. The Morgan fingerprint density at radius 2 is 1.91 bits per heavy atom. The molecule has 0 saturated carbocycles. The molecule has 122 valence electrons. The summed E-state index contributed by atoms with van der Waals surface area (Å²) in [7, 11) is 0. The van der Waals surface area contributed by atoms with Crippen molar-refractivity contribution in [1.29, 1.82) is 0 Å². The van der Waals surface area contributed by atoms with Crippen LogP contribution in [-0.2, 0) is 17.3 Å². The second-order valence-electron chi connectivity index (χ2n) is 5.07. The molecule has 1 aromatic rings. The van der Waals surface area contributed by atoms with Crippen LogP contribution in [0.4, 0.5) is 28.0 Å². The minimum atomic E-state index is -5.06. The van der Waals surface area contributed by atoms with Crippen LogP contribution in [0.1, 0.15) is 25.0 Å². The molecule has 0 saturated heterocycles. The third kappa shape index (κ3) is 4.30. The van der Waals surface area contributed by atoms with Crippen LogP contribution in [0.3, 0.4) is 0 Å². The van der Waals surface area contributed by atoms with Gasteiger partial charge >= 0.3 is 12.3 Å². The molecule has 0 fully saturated rings. The Labute approximate surface area is 122 Å². The van der Waals surface area contributed by atoms with Crippen LogP contribution in [0.15, 0.2) is 12.1 Å². The molecule has 1 aromatic carbocycles. The van der Waals surface area contributed by atoms with Crippen LogP contribution in [0, 0.1) is 15.9 Å². The number of rotatable bonds is 4. The SMILES string of the molecule is CC(C)(Cc1cc(F)c(C(F)(F)F)cc1[N+](=O)[O-])OC(N)=O. The van der Waals surface area contributed by atoms with Crippen molar-refractivity contribution in [1.82, 2.24) is 0 Å². The van der Waals surface area contributed by atoms with Gasteiger partial charge in [0, 0.05) is 18.1 Å². The fraction of sp³-hybridized carbons (Fsp3) is 0.417. The van der Waals surface area contributed by atoms with Crippen LogP contribution in [-0.4, -0.2) is 16.6 Å². The molecule has 0 atom stereocenters. The van der Waals surface area contributed by atoms with E-state index in [9.17, 15) is 32.5 Å². The summed E-state index contributed by atoms with van der Waals surface area (Å²) in [5, 5.41) is 10.9. The van der Waals surface area contributed by atoms with Gasteiger partial charge in [-0.2, -0.15) is 13.2 Å². The van der Waals surface area contributed by atoms with E-state index in [4.69, 9.17) is 5.73 Å². The van der Waals surface area contributed by atoms with E-state index in [0.29, 0.717) is 6.07 Å². The predicted molar refractivity (Wildman–Crippen MR) is 66.5 cm³/mol. The van der Waals surface area contributed by atoms with E-state index in [0.717, 1.165) is 0 Å². The number of benzene rings is 1. The second kappa shape index (κ2) is 5.78. The molecule has 0 aromatic heterocycles. The number of nitro groups is 1. The number of primary amides is 1. The lowest BCUT2D eigenvalue weighted by molar-refractivity contribution is -0.386. The number of alkyl halides is 3. The molecule has 0 aliphatic rings. The minimum Gasteiger partial charge on any atom is -0.443 e. The van der Waals surface area contributed by atoms with Crippen molar-refractivity contribution in [3.05, 3.63) is 39.2 Å². The first-order chi connectivity index (χ1) is 9.83. The van der Waals surface area contributed by atoms with Gasteiger partial charge in [0.25, 0.3) is 5.69 Å². The summed E-state index contributed by atoms with van der Waals surface area (Å²) >= 11 is 0. The van der Waals surface area contributed by atoms with E-state index in [1.165, 1.54) is 13.8 Å². The first-order valence-corrected chi connectivity index (χ1v) is 5.86. The third-order valence-electron chi connectivity index (χ3n) is 2.66. The zero-order valence-electron chi connectivity index (χ0n) is 11.5. The van der Waals surface area contributed by atoms with Crippen molar-refractivity contribution < 1.29 is 32.0 Å². The smallest absolute Gasteiger partial charge is 0.419 e. The highest BCUT2D eigenvalue weighted by molar-refractivity contribution is 5.65. The number of amides is 1. The first-order valence-electron chi connectivity index (χ1n) is 5.86. The quantitative estimate of drug-likeness (QED) is 0.523. The summed E-state index contributed by atoms with van der Waals surface area (Å²) in [6, 6.07) is 0.526. The monoisotopic (exact) mass is 324 g/mol. The van der Waals surface area contributed by atoms with Crippen LogP contribution < -0.4 is 5.73 Å². The number of ether oxygens (including phenoxy) is 1. The molecule has 0 unspecified atom stereocenters. The molecular weight excluding hydrogens is 312 g/mol. The average molecular weight is 324 g/mol. The lowest BCUT2D eigenvalue weighted by Gasteiger charge is -2.24. The third-order valence-corrected chi connectivity index (χ3v) is 2.66. The highest BCUT2D eigenvalue weighted by Gasteiger charge is 2.38. The fourth-order valence-corrected chi connectivity index (χ4v) is 1.90. The second-order valence-corrected chi connectivity index (χ2v) is 5.07. The molecular formula is C12H12F4N2O4. The Balaban J connectivity index is 3.34. The summed E-state index contributed by atoms with van der Waals surface area (Å²) < 4.78 is 56.0. The molecule has 10 heteroatoms. The standard InChI is InChI=1S/C12H12F4N2O4/c1-11(2,22-10(17)19)5-6-3-8(13)7(12(14,15)16)4-9(6)18(20)21/h3-4H,5H2,1-2H3,(H2,17,19). The number of hydrogen-bond donors (Lipinski definition) is 1. The van der Waals surface area contributed by atoms with Crippen LogP contribution >= 0.6 is 0 Å². The summed E-state index contributed by atoms with van der Waals surface area (Å²) in [6.07, 6.45) is -6.62. The van der Waals surface area contributed by atoms with Gasteiger partial charge in [-0.05, 0) is 19.9 Å². The van der Waals surface area contributed by atoms with Gasteiger partial charge in [-0.1, -0.05) is 0 Å². The van der Waals surface area contributed by atoms with E-state index in [1.807, 2.05) is 0 Å². The highest BCUT2D eigenvalue weighted by atomic mass is 19.4. The Hall–Kier alpha value is -2.39. The van der Waals surface area contributed by atoms with Gasteiger partial charge in [0.05, 0.1) is 10.5 Å². The van der Waals surface area contributed by atoms with Crippen LogP contribution in [0.25, 0.3) is 0 Å². The minimum absolute atomic E-state index is 0.116. The van der Waals surface area contributed by atoms with Gasteiger partial charge < -0.3 is 10.5 Å². The van der Waals surface area contributed by atoms with E-state index in [2.05, 4.69) is 4.74 Å². The van der Waals surface area contributed by atoms with Gasteiger partial charge in [-0.3, -0.25) is 10.1 Å². The van der Waals surface area contributed by atoms with Gasteiger partial charge in [0.1, 0.15) is 11.4 Å². The van der Waals surface area contributed by atoms with E-state index >= 15 is 0 Å². The van der Waals surface area contributed by atoms with Crippen molar-refractivity contribution in [2.75, 3.05) is 0 Å². The van der Waals surface area contributed by atoms with Crippen molar-refractivity contribution in [3.8, 4) is 0 Å². The number of nitrogens with two attached hydrogens (primary N) is 1. The van der Waals surface area contributed by atoms with Gasteiger partial charge in [0.2, 0.25) is 0 Å². The maximum Gasteiger partial charge on any atom is 0.419 e. The maximum atomic E-state index is 13.6. The van der Waals surface area contributed by atoms with Crippen molar-refractivity contribution in [3.63, 3.8) is 0 Å². The number of halogens is 4. The molecule has 0 aliphatic carbocycles. The Kier molecular flexibility index (Phi) is 4.64. The molecule has 2 N–H and O–H groups in total. The van der Waals surface area contributed by atoms with E-state index in [-0.39, 0.29) is 18.1 Å². The summed E-state index contributed by atoms with van der Waals surface area (Å²) in [6.45, 7) is 2.66. The molecule has 6 nitrogen and oxygen atoms in total. The lowest BCUT2D eigenvalue weighted by Crippen LogP contribution is -2.33. The molecule has 0 radical (unpaired) electrons. The number of carbonyl (C=O) groups is 1. The number of nitro benzene ring substituents is 1. The molecule has 0 heterocycles. The van der Waals surface area contributed by atoms with Crippen molar-refractivity contribution in [2.24, 2.45) is 5.73 Å². The zero-order chi connectivity index (χ0) is 17.3. The summed E-state index contributed by atoms with van der Waals surface area (Å²) in [4.78, 5) is 20.6. The number of nitrogens with zero attached hydrogens (tertiary/aromatic N) is 1. The van der Waals surface area contributed by atoms with E-state index in [1.54, 1.807) is 0 Å². The Morgan fingerprint density at radius 1 is 1.36 bits per heavy atom. The maximum absolute atomic E-state index is 13.6. The van der Waals surface area contributed by atoms with E-state index < -0.39 is 39.9 Å². The molecule has 22 heavy (non-hydrogen) atoms. The van der Waals surface area contributed by atoms with Gasteiger partial charge in [0.15, 0.2) is 0 Å². The average Bonchev–Trinajstić information content (AvgIpc) is 2.23. The number of hydrogen-bond acceptors (Lipinski definition) is 4. The predicted octanol–water partition coefficient (Wildman–Crippen LogP) is 3.17. The topological polar surface area (TPSA) is 95.5 Å². The molecule has 1 amide bonds. The van der Waals surface area contributed by atoms with Gasteiger partial charge in [-0.15, -0.1) is 0 Å². The Morgan fingerprint density at radius 3 is 2.32 bits per heavy atom. The molecule has 0 bridgehead atoms. The van der Waals surface area contributed by atoms with Gasteiger partial charge in [-0.25, -0.2) is 9.18 Å². The van der Waals surface area contributed by atoms with Crippen molar-refractivity contribution >= 4 is 11.8 Å². The molecule has 0 spiro atoms. The fourth-order valence-electron chi connectivity index (χ4n) is 1.90. The zero-order valence-corrected chi connectivity index (χ0v) is 11.5. The summed E-state index contributed by atoms with van der Waals surface area (Å²) in [5.74, 6) is -1.65. The normalized spacial score (nSPS) is 12.1. The highest BCUT2D eigenvalue weighted by Crippen LogP contribution is 2.36. The van der Waals surface area contributed by atoms with Crippen molar-refractivity contribution in [2.45, 2.75) is 32.0 Å².